The molecule has 1 heterocycles. The fourth-order valence-electron chi connectivity index (χ4n) is 2.00. The number of hydrogen-bond acceptors (Lipinski definition) is 5. The van der Waals surface area contributed by atoms with Crippen LogP contribution >= 0.6 is 11.6 Å². The van der Waals surface area contributed by atoms with Gasteiger partial charge in [0.15, 0.2) is 0 Å². The summed E-state index contributed by atoms with van der Waals surface area (Å²) in [7, 11) is 1.23. The minimum Gasteiger partial charge on any atom is -0.467 e. The number of esters is 1. The molecule has 0 aliphatic carbocycles. The van der Waals surface area contributed by atoms with Gasteiger partial charge in [-0.2, -0.15) is 5.10 Å². The zero-order chi connectivity index (χ0) is 17.7. The molecule has 0 fully saturated rings. The van der Waals surface area contributed by atoms with Gasteiger partial charge in [-0.3, -0.25) is 9.59 Å². The molecule has 0 unspecified atom stereocenters. The smallest absolute Gasteiger partial charge is 0.328 e. The second kappa shape index (κ2) is 7.74. The van der Waals surface area contributed by atoms with Crippen LogP contribution in [0.2, 0.25) is 5.02 Å². The molecular formula is C16H16ClN3O4. The van der Waals surface area contributed by atoms with E-state index in [1.807, 2.05) is 0 Å². The molecule has 126 valence electrons. The van der Waals surface area contributed by atoms with E-state index in [2.05, 4.69) is 15.2 Å². The molecule has 1 aromatic carbocycles. The molecule has 8 heteroatoms. The molecule has 0 spiro atoms. The van der Waals surface area contributed by atoms with Crippen molar-refractivity contribution in [1.29, 1.82) is 0 Å². The van der Waals surface area contributed by atoms with Crippen LogP contribution in [0.4, 0.5) is 0 Å². The number of carbonyl (C=O) groups is 2. The number of benzene rings is 1. The summed E-state index contributed by atoms with van der Waals surface area (Å²) in [5, 5.41) is 7.20. The van der Waals surface area contributed by atoms with Gasteiger partial charge < -0.3 is 10.1 Å². The minimum absolute atomic E-state index is 0.304. The summed E-state index contributed by atoms with van der Waals surface area (Å²) < 4.78 is 5.56. The Morgan fingerprint density at radius 1 is 1.25 bits per heavy atom. The number of nitrogens with zero attached hydrogens (tertiary/aromatic N) is 2. The summed E-state index contributed by atoms with van der Waals surface area (Å²) >= 11 is 5.84. The third-order valence-electron chi connectivity index (χ3n) is 3.23. The van der Waals surface area contributed by atoms with Gasteiger partial charge in [0.25, 0.3) is 5.56 Å². The molecule has 24 heavy (non-hydrogen) atoms. The van der Waals surface area contributed by atoms with Gasteiger partial charge in [-0.25, -0.2) is 9.48 Å². The maximum Gasteiger partial charge on any atom is 0.328 e. The number of halogens is 1. The van der Waals surface area contributed by atoms with Gasteiger partial charge in [-0.1, -0.05) is 23.7 Å². The van der Waals surface area contributed by atoms with Gasteiger partial charge in [0.2, 0.25) is 5.91 Å². The van der Waals surface area contributed by atoms with Crippen LogP contribution in [0.25, 0.3) is 11.3 Å². The van der Waals surface area contributed by atoms with E-state index in [0.29, 0.717) is 10.7 Å². The Balaban J connectivity index is 2.17. The lowest BCUT2D eigenvalue weighted by Gasteiger charge is -2.12. The third kappa shape index (κ3) is 4.42. The van der Waals surface area contributed by atoms with Crippen molar-refractivity contribution in [2.24, 2.45) is 0 Å². The molecule has 0 saturated heterocycles. The number of rotatable bonds is 5. The van der Waals surface area contributed by atoms with E-state index in [4.69, 9.17) is 11.6 Å². The number of methoxy groups -OCH3 is 1. The second-order valence-electron chi connectivity index (χ2n) is 5.03. The Kier molecular flexibility index (Phi) is 5.70. The molecule has 0 bridgehead atoms. The second-order valence-corrected chi connectivity index (χ2v) is 5.47. The molecular weight excluding hydrogens is 334 g/mol. The van der Waals surface area contributed by atoms with Crippen molar-refractivity contribution in [3.8, 4) is 11.3 Å². The molecule has 2 aromatic rings. The number of ether oxygens (including phenoxy) is 1. The molecule has 0 aliphatic heterocycles. The molecule has 0 radical (unpaired) electrons. The highest BCUT2D eigenvalue weighted by molar-refractivity contribution is 6.30. The Labute approximate surface area is 143 Å². The summed E-state index contributed by atoms with van der Waals surface area (Å²) in [5.41, 5.74) is 0.866. The van der Waals surface area contributed by atoms with Gasteiger partial charge in [0.1, 0.15) is 12.6 Å². The normalized spacial score (nSPS) is 11.6. The van der Waals surface area contributed by atoms with Crippen LogP contribution in [0.1, 0.15) is 6.92 Å². The SMILES string of the molecule is COC(=O)[C@@H](C)NC(=O)Cn1nc(-c2ccc(Cl)cc2)ccc1=O. The first kappa shape index (κ1) is 17.7. The van der Waals surface area contributed by atoms with Crippen LogP contribution in [0.3, 0.4) is 0 Å². The molecule has 1 atom stereocenters. The highest BCUT2D eigenvalue weighted by atomic mass is 35.5. The first-order chi connectivity index (χ1) is 11.4. The number of aromatic nitrogens is 2. The molecule has 2 rings (SSSR count). The maximum absolute atomic E-state index is 12.0. The topological polar surface area (TPSA) is 90.3 Å². The summed E-state index contributed by atoms with van der Waals surface area (Å²) in [6.07, 6.45) is 0. The Morgan fingerprint density at radius 3 is 2.54 bits per heavy atom. The third-order valence-corrected chi connectivity index (χ3v) is 3.48. The maximum atomic E-state index is 12.0. The lowest BCUT2D eigenvalue weighted by Crippen LogP contribution is -2.42. The van der Waals surface area contributed by atoms with Crippen LogP contribution in [0.5, 0.6) is 0 Å². The van der Waals surface area contributed by atoms with Crippen molar-refractivity contribution in [2.75, 3.05) is 7.11 Å². The zero-order valence-corrected chi connectivity index (χ0v) is 13.9. The van der Waals surface area contributed by atoms with E-state index < -0.39 is 23.5 Å². The van der Waals surface area contributed by atoms with E-state index in [1.165, 1.54) is 20.1 Å². The average Bonchev–Trinajstić information content (AvgIpc) is 2.56. The predicted octanol–water partition coefficient (Wildman–Crippen LogP) is 1.24. The fraction of sp³-hybridized carbons (Fsp3) is 0.250. The minimum atomic E-state index is -0.808. The first-order valence-electron chi connectivity index (χ1n) is 7.12. The van der Waals surface area contributed by atoms with Crippen LogP contribution < -0.4 is 10.9 Å². The molecule has 0 saturated carbocycles. The summed E-state index contributed by atoms with van der Waals surface area (Å²) in [6, 6.07) is 9.03. The zero-order valence-electron chi connectivity index (χ0n) is 13.2. The van der Waals surface area contributed by atoms with Crippen molar-refractivity contribution >= 4 is 23.5 Å². The number of nitrogens with one attached hydrogen (secondary N) is 1. The predicted molar refractivity (Wildman–Crippen MR) is 88.6 cm³/mol. The highest BCUT2D eigenvalue weighted by Crippen LogP contribution is 2.18. The Bertz CT molecular complexity index is 802. The molecule has 0 aliphatic rings. The lowest BCUT2D eigenvalue weighted by molar-refractivity contribution is -0.144. The number of carbonyl (C=O) groups excluding carboxylic acids is 2. The van der Waals surface area contributed by atoms with Crippen molar-refractivity contribution in [3.63, 3.8) is 0 Å². The van der Waals surface area contributed by atoms with Crippen molar-refractivity contribution in [2.45, 2.75) is 19.5 Å². The van der Waals surface area contributed by atoms with Crippen LogP contribution in [-0.4, -0.2) is 34.8 Å². The van der Waals surface area contributed by atoms with Crippen molar-refractivity contribution < 1.29 is 14.3 Å². The standard InChI is InChI=1S/C16H16ClN3O4/c1-10(16(23)24-2)18-14(21)9-20-15(22)8-7-13(19-20)11-3-5-12(17)6-4-11/h3-8,10H,9H2,1-2H3,(H,18,21)/t10-/m1/s1. The highest BCUT2D eigenvalue weighted by Gasteiger charge is 2.16. The monoisotopic (exact) mass is 349 g/mol. The summed E-state index contributed by atoms with van der Waals surface area (Å²) in [4.78, 5) is 35.1. The van der Waals surface area contributed by atoms with E-state index in [9.17, 15) is 14.4 Å². The van der Waals surface area contributed by atoms with E-state index in [-0.39, 0.29) is 6.54 Å². The lowest BCUT2D eigenvalue weighted by atomic mass is 10.1. The average molecular weight is 350 g/mol. The van der Waals surface area contributed by atoms with Crippen molar-refractivity contribution in [1.82, 2.24) is 15.1 Å². The van der Waals surface area contributed by atoms with Crippen LogP contribution in [0.15, 0.2) is 41.2 Å². The van der Waals surface area contributed by atoms with E-state index in [0.717, 1.165) is 10.2 Å². The van der Waals surface area contributed by atoms with Crippen molar-refractivity contribution in [3.05, 3.63) is 51.8 Å². The number of amides is 1. The largest absolute Gasteiger partial charge is 0.467 e. The Morgan fingerprint density at radius 2 is 1.92 bits per heavy atom. The first-order valence-corrected chi connectivity index (χ1v) is 7.50. The van der Waals surface area contributed by atoms with Gasteiger partial charge in [-0.15, -0.1) is 0 Å². The fourth-order valence-corrected chi connectivity index (χ4v) is 2.12. The summed E-state index contributed by atoms with van der Waals surface area (Å²) in [5.74, 6) is -1.09. The number of hydrogen-bond donors (Lipinski definition) is 1. The van der Waals surface area contributed by atoms with Gasteiger partial charge >= 0.3 is 5.97 Å². The molecule has 1 N–H and O–H groups in total. The van der Waals surface area contributed by atoms with Gasteiger partial charge in [0.05, 0.1) is 12.8 Å². The Hall–Kier alpha value is -2.67. The molecule has 1 aromatic heterocycles. The van der Waals surface area contributed by atoms with Gasteiger partial charge in [0, 0.05) is 16.7 Å². The van der Waals surface area contributed by atoms with Crippen LogP contribution in [-0.2, 0) is 20.9 Å². The van der Waals surface area contributed by atoms with E-state index >= 15 is 0 Å². The summed E-state index contributed by atoms with van der Waals surface area (Å²) in [6.45, 7) is 1.19. The van der Waals surface area contributed by atoms with E-state index in [1.54, 1.807) is 30.3 Å². The molecule has 1 amide bonds. The van der Waals surface area contributed by atoms with Crippen LogP contribution in [0, 0.1) is 0 Å². The van der Waals surface area contributed by atoms with Gasteiger partial charge in [-0.05, 0) is 25.1 Å². The molecule has 7 nitrogen and oxygen atoms in total. The quantitative estimate of drug-likeness (QED) is 0.820.